The normalized spacial score (nSPS) is 12.7. The van der Waals surface area contributed by atoms with Crippen LogP contribution in [0.5, 0.6) is 0 Å². The summed E-state index contributed by atoms with van der Waals surface area (Å²) in [6.45, 7) is 4.90. The summed E-state index contributed by atoms with van der Waals surface area (Å²) in [5, 5.41) is 5.55. The first-order valence-electron chi connectivity index (χ1n) is 6.32. The van der Waals surface area contributed by atoms with Gasteiger partial charge in [-0.25, -0.2) is 9.97 Å². The molecule has 1 N–H and O–H groups in total. The number of nitrogens with one attached hydrogen (secondary N) is 1. The third-order valence-corrected chi connectivity index (χ3v) is 4.20. The monoisotopic (exact) mass is 276 g/mol. The number of likely N-dealkylation sites (N-methyl/N-ethyl adjacent to an activating group) is 1. The van der Waals surface area contributed by atoms with Crippen LogP contribution in [0.1, 0.15) is 22.3 Å². The second kappa shape index (κ2) is 6.12. The van der Waals surface area contributed by atoms with Crippen LogP contribution in [0.4, 0.5) is 5.82 Å². The van der Waals surface area contributed by atoms with Crippen LogP contribution in [0.25, 0.3) is 0 Å². The topological polar surface area (TPSA) is 41.1 Å². The van der Waals surface area contributed by atoms with Crippen molar-refractivity contribution in [1.82, 2.24) is 14.9 Å². The third kappa shape index (κ3) is 3.52. The minimum atomic E-state index is 0.357. The molecule has 0 aromatic carbocycles. The lowest BCUT2D eigenvalue weighted by molar-refractivity contribution is 0.315. The molecule has 0 fully saturated rings. The molecule has 0 saturated carbocycles. The molecule has 0 aliphatic heterocycles. The van der Waals surface area contributed by atoms with Crippen LogP contribution in [-0.4, -0.2) is 35.5 Å². The number of hydrogen-bond acceptors (Lipinski definition) is 5. The lowest BCUT2D eigenvalue weighted by atomic mass is 10.1. The van der Waals surface area contributed by atoms with Gasteiger partial charge < -0.3 is 10.2 Å². The van der Waals surface area contributed by atoms with Crippen molar-refractivity contribution in [2.24, 2.45) is 0 Å². The van der Waals surface area contributed by atoms with E-state index in [1.165, 1.54) is 10.4 Å². The Hall–Kier alpha value is -1.46. The van der Waals surface area contributed by atoms with Gasteiger partial charge in [0.05, 0.1) is 6.04 Å². The molecule has 0 spiro atoms. The molecular formula is C14H20N4S. The number of aryl methyl sites for hydroxylation is 2. The Morgan fingerprint density at radius 3 is 2.68 bits per heavy atom. The molecule has 2 heterocycles. The molecule has 2 rings (SSSR count). The van der Waals surface area contributed by atoms with E-state index in [0.717, 1.165) is 18.2 Å². The summed E-state index contributed by atoms with van der Waals surface area (Å²) in [5.74, 6) is 1.67. The summed E-state index contributed by atoms with van der Waals surface area (Å²) < 4.78 is 0. The van der Waals surface area contributed by atoms with E-state index in [0.29, 0.717) is 6.04 Å². The number of thiophene rings is 1. The van der Waals surface area contributed by atoms with Crippen molar-refractivity contribution in [3.05, 3.63) is 40.0 Å². The molecule has 4 nitrogen and oxygen atoms in total. The maximum absolute atomic E-state index is 4.37. The van der Waals surface area contributed by atoms with Crippen LogP contribution < -0.4 is 5.32 Å². The number of hydrogen-bond donors (Lipinski definition) is 1. The molecule has 2 aromatic heterocycles. The van der Waals surface area contributed by atoms with Gasteiger partial charge in [0.2, 0.25) is 0 Å². The minimum absolute atomic E-state index is 0.357. The molecule has 0 bridgehead atoms. The first-order valence-corrected chi connectivity index (χ1v) is 7.20. The van der Waals surface area contributed by atoms with Crippen LogP contribution in [-0.2, 0) is 0 Å². The zero-order valence-electron chi connectivity index (χ0n) is 11.8. The van der Waals surface area contributed by atoms with E-state index in [2.05, 4.69) is 52.7 Å². The van der Waals surface area contributed by atoms with E-state index >= 15 is 0 Å². The Labute approximate surface area is 118 Å². The van der Waals surface area contributed by atoms with Crippen molar-refractivity contribution >= 4 is 17.2 Å². The van der Waals surface area contributed by atoms with E-state index < -0.39 is 0 Å². The van der Waals surface area contributed by atoms with Gasteiger partial charge in [-0.05, 0) is 51.0 Å². The van der Waals surface area contributed by atoms with E-state index in [1.807, 2.05) is 24.3 Å². The first-order chi connectivity index (χ1) is 9.08. The average molecular weight is 276 g/mol. The van der Waals surface area contributed by atoms with Crippen molar-refractivity contribution in [2.45, 2.75) is 19.9 Å². The Morgan fingerprint density at radius 1 is 1.32 bits per heavy atom. The van der Waals surface area contributed by atoms with E-state index in [1.54, 1.807) is 6.20 Å². The average Bonchev–Trinajstić information content (AvgIpc) is 2.76. The highest BCUT2D eigenvalue weighted by molar-refractivity contribution is 7.10. The highest BCUT2D eigenvalue weighted by atomic mass is 32.1. The smallest absolute Gasteiger partial charge is 0.129 e. The SMILES string of the molecule is Cc1nccc(NCC(c2sccc2C)N(C)C)n1. The lowest BCUT2D eigenvalue weighted by Crippen LogP contribution is -2.26. The first kappa shape index (κ1) is 14.0. The van der Waals surface area contributed by atoms with Gasteiger partial charge >= 0.3 is 0 Å². The molecule has 19 heavy (non-hydrogen) atoms. The highest BCUT2D eigenvalue weighted by Crippen LogP contribution is 2.27. The third-order valence-electron chi connectivity index (χ3n) is 3.08. The highest BCUT2D eigenvalue weighted by Gasteiger charge is 2.17. The molecule has 102 valence electrons. The largest absolute Gasteiger partial charge is 0.368 e. The van der Waals surface area contributed by atoms with Crippen molar-refractivity contribution in [3.63, 3.8) is 0 Å². The van der Waals surface area contributed by atoms with E-state index in [9.17, 15) is 0 Å². The lowest BCUT2D eigenvalue weighted by Gasteiger charge is -2.24. The van der Waals surface area contributed by atoms with Crippen molar-refractivity contribution < 1.29 is 0 Å². The molecule has 0 aliphatic carbocycles. The van der Waals surface area contributed by atoms with Crippen molar-refractivity contribution in [2.75, 3.05) is 26.0 Å². The number of rotatable bonds is 5. The molecule has 0 amide bonds. The van der Waals surface area contributed by atoms with Crippen LogP contribution in [0.15, 0.2) is 23.7 Å². The van der Waals surface area contributed by atoms with Crippen LogP contribution in [0, 0.1) is 13.8 Å². The molecule has 0 aliphatic rings. The van der Waals surface area contributed by atoms with Crippen LogP contribution >= 0.6 is 11.3 Å². The van der Waals surface area contributed by atoms with Gasteiger partial charge in [0.25, 0.3) is 0 Å². The summed E-state index contributed by atoms with van der Waals surface area (Å²) >= 11 is 1.81. The van der Waals surface area contributed by atoms with Gasteiger partial charge in [0, 0.05) is 17.6 Å². The Morgan fingerprint density at radius 2 is 2.11 bits per heavy atom. The van der Waals surface area contributed by atoms with Gasteiger partial charge in [0.15, 0.2) is 0 Å². The quantitative estimate of drug-likeness (QED) is 0.911. The summed E-state index contributed by atoms with van der Waals surface area (Å²) in [5.41, 5.74) is 1.35. The zero-order valence-corrected chi connectivity index (χ0v) is 12.7. The van der Waals surface area contributed by atoms with Gasteiger partial charge in [-0.15, -0.1) is 11.3 Å². The number of nitrogens with zero attached hydrogens (tertiary/aromatic N) is 3. The Kier molecular flexibility index (Phi) is 4.50. The standard InChI is InChI=1S/C14H20N4S/c1-10-6-8-19-14(10)12(18(3)4)9-16-13-5-7-15-11(2)17-13/h5-8,12H,9H2,1-4H3,(H,15,16,17). The molecular weight excluding hydrogens is 256 g/mol. The molecule has 2 aromatic rings. The fraction of sp³-hybridized carbons (Fsp3) is 0.429. The van der Waals surface area contributed by atoms with Gasteiger partial charge in [0.1, 0.15) is 11.6 Å². The van der Waals surface area contributed by atoms with Crippen LogP contribution in [0.2, 0.25) is 0 Å². The Bertz CT molecular complexity index is 536. The maximum atomic E-state index is 4.37. The maximum Gasteiger partial charge on any atom is 0.129 e. The summed E-state index contributed by atoms with van der Waals surface area (Å²) in [6.07, 6.45) is 1.78. The fourth-order valence-corrected chi connectivity index (χ4v) is 3.12. The molecule has 0 saturated heterocycles. The van der Waals surface area contributed by atoms with Gasteiger partial charge in [-0.2, -0.15) is 0 Å². The van der Waals surface area contributed by atoms with Gasteiger partial charge in [-0.1, -0.05) is 0 Å². The second-order valence-electron chi connectivity index (χ2n) is 4.82. The summed E-state index contributed by atoms with van der Waals surface area (Å²) in [7, 11) is 4.22. The van der Waals surface area contributed by atoms with Gasteiger partial charge in [-0.3, -0.25) is 0 Å². The van der Waals surface area contributed by atoms with Crippen molar-refractivity contribution in [1.29, 1.82) is 0 Å². The minimum Gasteiger partial charge on any atom is -0.368 e. The second-order valence-corrected chi connectivity index (χ2v) is 5.76. The molecule has 5 heteroatoms. The number of anilines is 1. The fourth-order valence-electron chi connectivity index (χ4n) is 1.99. The summed E-state index contributed by atoms with van der Waals surface area (Å²) in [6, 6.07) is 4.43. The predicted octanol–water partition coefficient (Wildman–Crippen LogP) is 2.87. The van der Waals surface area contributed by atoms with Crippen LogP contribution in [0.3, 0.4) is 0 Å². The molecule has 1 atom stereocenters. The zero-order chi connectivity index (χ0) is 13.8. The number of aromatic nitrogens is 2. The molecule has 1 unspecified atom stereocenters. The van der Waals surface area contributed by atoms with E-state index in [-0.39, 0.29) is 0 Å². The van der Waals surface area contributed by atoms with Crippen molar-refractivity contribution in [3.8, 4) is 0 Å². The van der Waals surface area contributed by atoms with E-state index in [4.69, 9.17) is 0 Å². The molecule has 0 radical (unpaired) electrons. The summed E-state index contributed by atoms with van der Waals surface area (Å²) in [4.78, 5) is 12.1. The Balaban J connectivity index is 2.08. The predicted molar refractivity (Wildman–Crippen MR) is 80.7 cm³/mol.